The van der Waals surface area contributed by atoms with E-state index in [0.717, 1.165) is 22.5 Å². The normalized spacial score (nSPS) is 11.8. The van der Waals surface area contributed by atoms with Gasteiger partial charge in [0, 0.05) is 16.6 Å². The number of nitrogen functional groups attached to an aromatic ring is 1. The molecule has 3 rings (SSSR count). The van der Waals surface area contributed by atoms with Crippen molar-refractivity contribution in [3.05, 3.63) is 59.5 Å². The second-order valence-corrected chi connectivity index (χ2v) is 6.57. The minimum atomic E-state index is -0.654. The van der Waals surface area contributed by atoms with Crippen molar-refractivity contribution in [2.45, 2.75) is 20.0 Å². The molecule has 128 valence electrons. The molecule has 0 aliphatic carbocycles. The number of hydrogen-bond acceptors (Lipinski definition) is 5. The number of carbonyl (C=O) groups is 1. The Kier molecular flexibility index (Phi) is 5.00. The van der Waals surface area contributed by atoms with Crippen LogP contribution in [0.4, 0.5) is 10.8 Å². The highest BCUT2D eigenvalue weighted by atomic mass is 32.1. The van der Waals surface area contributed by atoms with Gasteiger partial charge in [0.25, 0.3) is 5.91 Å². The topological polar surface area (TPSA) is 77.2 Å². The molecular weight excluding hydrogens is 334 g/mol. The number of aromatic nitrogens is 1. The Labute approximate surface area is 150 Å². The number of aryl methyl sites for hydroxylation is 1. The van der Waals surface area contributed by atoms with Gasteiger partial charge in [-0.15, -0.1) is 11.3 Å². The predicted octanol–water partition coefficient (Wildman–Crippen LogP) is 4.11. The number of ether oxygens (including phenoxy) is 1. The first-order valence-corrected chi connectivity index (χ1v) is 8.75. The number of benzene rings is 2. The van der Waals surface area contributed by atoms with Crippen LogP contribution in [-0.4, -0.2) is 17.0 Å². The zero-order chi connectivity index (χ0) is 17.8. The molecule has 25 heavy (non-hydrogen) atoms. The standard InChI is InChI=1S/C19H19N3O2S/c1-12-7-9-14(10-8-12)21-18(23)13(2)24-17-6-4-3-5-15(17)16-11-25-19(20)22-16/h3-11,13H,1-2H3,(H2,20,22)(H,21,23). The van der Waals surface area contributed by atoms with E-state index in [0.29, 0.717) is 10.9 Å². The van der Waals surface area contributed by atoms with Crippen molar-refractivity contribution in [3.63, 3.8) is 0 Å². The number of rotatable bonds is 5. The molecule has 0 aliphatic rings. The van der Waals surface area contributed by atoms with Gasteiger partial charge in [-0.2, -0.15) is 0 Å². The number of amides is 1. The molecule has 1 amide bonds. The van der Waals surface area contributed by atoms with E-state index < -0.39 is 6.10 Å². The summed E-state index contributed by atoms with van der Waals surface area (Å²) in [6, 6.07) is 15.1. The third-order valence-electron chi connectivity index (χ3n) is 3.68. The molecule has 0 aliphatic heterocycles. The van der Waals surface area contributed by atoms with Gasteiger partial charge in [0.15, 0.2) is 11.2 Å². The number of thiazole rings is 1. The Morgan fingerprint density at radius 1 is 1.20 bits per heavy atom. The Balaban J connectivity index is 1.73. The number of nitrogens with one attached hydrogen (secondary N) is 1. The van der Waals surface area contributed by atoms with Crippen LogP contribution in [0.5, 0.6) is 5.75 Å². The van der Waals surface area contributed by atoms with Gasteiger partial charge in [0.2, 0.25) is 0 Å². The maximum Gasteiger partial charge on any atom is 0.265 e. The smallest absolute Gasteiger partial charge is 0.265 e. The fourth-order valence-electron chi connectivity index (χ4n) is 2.32. The molecule has 0 saturated carbocycles. The lowest BCUT2D eigenvalue weighted by molar-refractivity contribution is -0.122. The SMILES string of the molecule is Cc1ccc(NC(=O)C(C)Oc2ccccc2-c2csc(N)n2)cc1. The molecule has 3 aromatic rings. The molecule has 0 radical (unpaired) electrons. The number of hydrogen-bond donors (Lipinski definition) is 2. The second-order valence-electron chi connectivity index (χ2n) is 5.68. The fourth-order valence-corrected chi connectivity index (χ4v) is 2.88. The van der Waals surface area contributed by atoms with Crippen LogP contribution in [0, 0.1) is 6.92 Å². The lowest BCUT2D eigenvalue weighted by atomic mass is 10.1. The molecule has 5 nitrogen and oxygen atoms in total. The Morgan fingerprint density at radius 2 is 1.92 bits per heavy atom. The molecule has 0 bridgehead atoms. The second kappa shape index (κ2) is 7.36. The number of nitrogens with zero attached hydrogens (tertiary/aromatic N) is 1. The summed E-state index contributed by atoms with van der Waals surface area (Å²) in [5.74, 6) is 0.385. The number of para-hydroxylation sites is 1. The van der Waals surface area contributed by atoms with Crippen LogP contribution in [-0.2, 0) is 4.79 Å². The average molecular weight is 353 g/mol. The van der Waals surface area contributed by atoms with Crippen LogP contribution < -0.4 is 15.8 Å². The maximum atomic E-state index is 12.4. The van der Waals surface area contributed by atoms with Crippen LogP contribution in [0.3, 0.4) is 0 Å². The van der Waals surface area contributed by atoms with Gasteiger partial charge < -0.3 is 15.8 Å². The molecule has 0 saturated heterocycles. The number of carbonyl (C=O) groups excluding carboxylic acids is 1. The van der Waals surface area contributed by atoms with Crippen LogP contribution in [0.25, 0.3) is 11.3 Å². The van der Waals surface area contributed by atoms with E-state index in [1.165, 1.54) is 11.3 Å². The molecule has 0 fully saturated rings. The summed E-state index contributed by atoms with van der Waals surface area (Å²) in [6.45, 7) is 3.72. The summed E-state index contributed by atoms with van der Waals surface area (Å²) in [7, 11) is 0. The van der Waals surface area contributed by atoms with Crippen molar-refractivity contribution in [3.8, 4) is 17.0 Å². The molecule has 1 heterocycles. The maximum absolute atomic E-state index is 12.4. The van der Waals surface area contributed by atoms with Gasteiger partial charge in [-0.3, -0.25) is 4.79 Å². The van der Waals surface area contributed by atoms with E-state index in [2.05, 4.69) is 10.3 Å². The van der Waals surface area contributed by atoms with Gasteiger partial charge >= 0.3 is 0 Å². The number of anilines is 2. The monoisotopic (exact) mass is 353 g/mol. The predicted molar refractivity (Wildman–Crippen MR) is 102 cm³/mol. The Bertz CT molecular complexity index is 874. The van der Waals surface area contributed by atoms with Crippen LogP contribution >= 0.6 is 11.3 Å². The van der Waals surface area contributed by atoms with Gasteiger partial charge in [-0.05, 0) is 38.1 Å². The molecule has 1 atom stereocenters. The largest absolute Gasteiger partial charge is 0.480 e. The van der Waals surface area contributed by atoms with Crippen molar-refractivity contribution in [1.29, 1.82) is 0 Å². The summed E-state index contributed by atoms with van der Waals surface area (Å²) in [5.41, 5.74) is 9.15. The zero-order valence-electron chi connectivity index (χ0n) is 14.0. The van der Waals surface area contributed by atoms with E-state index in [9.17, 15) is 4.79 Å². The van der Waals surface area contributed by atoms with Crippen molar-refractivity contribution < 1.29 is 9.53 Å². The van der Waals surface area contributed by atoms with Gasteiger partial charge in [-0.1, -0.05) is 29.8 Å². The fraction of sp³-hybridized carbons (Fsp3) is 0.158. The molecule has 6 heteroatoms. The van der Waals surface area contributed by atoms with Gasteiger partial charge in [-0.25, -0.2) is 4.98 Å². The first-order chi connectivity index (χ1) is 12.0. The third kappa shape index (κ3) is 4.16. The Hall–Kier alpha value is -2.86. The first-order valence-electron chi connectivity index (χ1n) is 7.87. The van der Waals surface area contributed by atoms with E-state index in [1.807, 2.05) is 60.8 Å². The van der Waals surface area contributed by atoms with Crippen LogP contribution in [0.15, 0.2) is 53.9 Å². The van der Waals surface area contributed by atoms with E-state index in [1.54, 1.807) is 6.92 Å². The molecule has 1 aromatic heterocycles. The summed E-state index contributed by atoms with van der Waals surface area (Å²) in [5, 5.41) is 5.22. The highest BCUT2D eigenvalue weighted by molar-refractivity contribution is 7.13. The molecule has 3 N–H and O–H groups in total. The summed E-state index contributed by atoms with van der Waals surface area (Å²) in [4.78, 5) is 16.7. The van der Waals surface area contributed by atoms with Crippen LogP contribution in [0.2, 0.25) is 0 Å². The quantitative estimate of drug-likeness (QED) is 0.724. The molecule has 0 spiro atoms. The minimum Gasteiger partial charge on any atom is -0.480 e. The highest BCUT2D eigenvalue weighted by Crippen LogP contribution is 2.32. The van der Waals surface area contributed by atoms with E-state index in [4.69, 9.17) is 10.5 Å². The molecular formula is C19H19N3O2S. The lowest BCUT2D eigenvalue weighted by Gasteiger charge is -2.17. The first kappa shape index (κ1) is 17.0. The summed E-state index contributed by atoms with van der Waals surface area (Å²) in [6.07, 6.45) is -0.654. The highest BCUT2D eigenvalue weighted by Gasteiger charge is 2.18. The van der Waals surface area contributed by atoms with Crippen molar-refractivity contribution in [2.24, 2.45) is 0 Å². The van der Waals surface area contributed by atoms with E-state index in [-0.39, 0.29) is 5.91 Å². The van der Waals surface area contributed by atoms with Gasteiger partial charge in [0.05, 0.1) is 5.69 Å². The minimum absolute atomic E-state index is 0.212. The van der Waals surface area contributed by atoms with E-state index >= 15 is 0 Å². The third-order valence-corrected chi connectivity index (χ3v) is 4.35. The van der Waals surface area contributed by atoms with Crippen LogP contribution in [0.1, 0.15) is 12.5 Å². The molecule has 2 aromatic carbocycles. The van der Waals surface area contributed by atoms with Crippen molar-refractivity contribution >= 4 is 28.1 Å². The average Bonchev–Trinajstić information content (AvgIpc) is 3.03. The lowest BCUT2D eigenvalue weighted by Crippen LogP contribution is -2.30. The number of nitrogens with two attached hydrogens (primary N) is 1. The van der Waals surface area contributed by atoms with Crippen molar-refractivity contribution in [2.75, 3.05) is 11.1 Å². The summed E-state index contributed by atoms with van der Waals surface area (Å²) < 4.78 is 5.88. The van der Waals surface area contributed by atoms with Gasteiger partial charge in [0.1, 0.15) is 5.75 Å². The summed E-state index contributed by atoms with van der Waals surface area (Å²) >= 11 is 1.37. The van der Waals surface area contributed by atoms with Crippen molar-refractivity contribution in [1.82, 2.24) is 4.98 Å². The molecule has 1 unspecified atom stereocenters. The Morgan fingerprint density at radius 3 is 2.60 bits per heavy atom. The zero-order valence-corrected chi connectivity index (χ0v) is 14.8.